The van der Waals surface area contributed by atoms with Crippen molar-refractivity contribution in [2.24, 2.45) is 0 Å². The van der Waals surface area contributed by atoms with Crippen LogP contribution < -0.4 is 5.32 Å². The van der Waals surface area contributed by atoms with Crippen LogP contribution in [0.2, 0.25) is 0 Å². The van der Waals surface area contributed by atoms with Crippen molar-refractivity contribution in [1.82, 2.24) is 5.32 Å². The van der Waals surface area contributed by atoms with Crippen molar-refractivity contribution < 1.29 is 0 Å². The molecule has 2 rings (SSSR count). The monoisotopic (exact) mass is 158 g/mol. The smallest absolute Gasteiger partial charge is 0.0669 e. The maximum Gasteiger partial charge on any atom is 0.0669 e. The quantitative estimate of drug-likeness (QED) is 0.669. The molecule has 1 aromatic carbocycles. The van der Waals surface area contributed by atoms with Gasteiger partial charge >= 0.3 is 0 Å². The SMILES string of the molecule is N#CCc1ccc2c(c1)CNC2. The lowest BCUT2D eigenvalue weighted by Crippen LogP contribution is -1.99. The van der Waals surface area contributed by atoms with Gasteiger partial charge in [0.25, 0.3) is 0 Å². The topological polar surface area (TPSA) is 35.8 Å². The molecule has 0 aromatic heterocycles. The van der Waals surface area contributed by atoms with Gasteiger partial charge in [0, 0.05) is 13.1 Å². The minimum Gasteiger partial charge on any atom is -0.309 e. The average molecular weight is 158 g/mol. The van der Waals surface area contributed by atoms with Crippen LogP contribution in [0.25, 0.3) is 0 Å². The van der Waals surface area contributed by atoms with Crippen molar-refractivity contribution in [2.75, 3.05) is 0 Å². The molecule has 0 spiro atoms. The van der Waals surface area contributed by atoms with E-state index in [1.165, 1.54) is 11.1 Å². The fourth-order valence-corrected chi connectivity index (χ4v) is 1.55. The van der Waals surface area contributed by atoms with Crippen molar-refractivity contribution in [3.63, 3.8) is 0 Å². The molecule has 0 radical (unpaired) electrons. The van der Waals surface area contributed by atoms with Gasteiger partial charge in [-0.25, -0.2) is 0 Å². The number of benzene rings is 1. The van der Waals surface area contributed by atoms with Crippen LogP contribution in [-0.4, -0.2) is 0 Å². The predicted molar refractivity (Wildman–Crippen MR) is 46.3 cm³/mol. The molecule has 12 heavy (non-hydrogen) atoms. The van der Waals surface area contributed by atoms with Crippen LogP contribution in [0.15, 0.2) is 18.2 Å². The highest BCUT2D eigenvalue weighted by molar-refractivity contribution is 5.35. The number of rotatable bonds is 1. The van der Waals surface area contributed by atoms with Crippen molar-refractivity contribution in [3.05, 3.63) is 34.9 Å². The summed E-state index contributed by atoms with van der Waals surface area (Å²) in [6.07, 6.45) is 0.521. The van der Waals surface area contributed by atoms with Crippen LogP contribution in [0.4, 0.5) is 0 Å². The molecule has 60 valence electrons. The van der Waals surface area contributed by atoms with E-state index in [4.69, 9.17) is 5.26 Å². The van der Waals surface area contributed by atoms with Gasteiger partial charge in [-0.15, -0.1) is 0 Å². The van der Waals surface area contributed by atoms with Crippen LogP contribution in [-0.2, 0) is 19.5 Å². The Kier molecular flexibility index (Phi) is 1.81. The Morgan fingerprint density at radius 1 is 1.33 bits per heavy atom. The zero-order chi connectivity index (χ0) is 8.39. The van der Waals surface area contributed by atoms with Crippen LogP contribution in [0, 0.1) is 11.3 Å². The fourth-order valence-electron chi connectivity index (χ4n) is 1.55. The summed E-state index contributed by atoms with van der Waals surface area (Å²) in [5.74, 6) is 0. The van der Waals surface area contributed by atoms with Gasteiger partial charge in [-0.2, -0.15) is 5.26 Å². The van der Waals surface area contributed by atoms with Crippen molar-refractivity contribution in [1.29, 1.82) is 5.26 Å². The molecule has 0 bridgehead atoms. The number of hydrogen-bond donors (Lipinski definition) is 1. The standard InChI is InChI=1S/C10H10N2/c11-4-3-8-1-2-9-6-12-7-10(9)5-8/h1-2,5,12H,3,6-7H2. The summed E-state index contributed by atoms with van der Waals surface area (Å²) in [5.41, 5.74) is 3.85. The number of fused-ring (bicyclic) bond motifs is 1. The van der Waals surface area contributed by atoms with Crippen molar-refractivity contribution >= 4 is 0 Å². The van der Waals surface area contributed by atoms with Crippen LogP contribution in [0.5, 0.6) is 0 Å². The van der Waals surface area contributed by atoms with Crippen LogP contribution >= 0.6 is 0 Å². The molecule has 0 atom stereocenters. The largest absolute Gasteiger partial charge is 0.309 e. The first-order chi connectivity index (χ1) is 5.90. The number of hydrogen-bond acceptors (Lipinski definition) is 2. The lowest BCUT2D eigenvalue weighted by molar-refractivity contribution is 0.764. The number of nitriles is 1. The molecular formula is C10H10N2. The predicted octanol–water partition coefficient (Wildman–Crippen LogP) is 1.36. The molecule has 2 nitrogen and oxygen atoms in total. The van der Waals surface area contributed by atoms with E-state index in [1.807, 2.05) is 6.07 Å². The van der Waals surface area contributed by atoms with E-state index >= 15 is 0 Å². The molecule has 1 heterocycles. The first-order valence-corrected chi connectivity index (χ1v) is 4.08. The van der Waals surface area contributed by atoms with Gasteiger partial charge in [0.1, 0.15) is 0 Å². The lowest BCUT2D eigenvalue weighted by atomic mass is 10.1. The van der Waals surface area contributed by atoms with Gasteiger partial charge in [0.05, 0.1) is 12.5 Å². The Labute approximate surface area is 71.8 Å². The van der Waals surface area contributed by atoms with Crippen molar-refractivity contribution in [2.45, 2.75) is 19.5 Å². The zero-order valence-corrected chi connectivity index (χ0v) is 6.80. The minimum atomic E-state index is 0.521. The number of nitrogens with one attached hydrogen (secondary N) is 1. The van der Waals surface area contributed by atoms with Gasteiger partial charge in [-0.3, -0.25) is 0 Å². The molecule has 1 aliphatic heterocycles. The second-order valence-corrected chi connectivity index (χ2v) is 3.04. The molecular weight excluding hydrogens is 148 g/mol. The van der Waals surface area contributed by atoms with E-state index in [-0.39, 0.29) is 0 Å². The van der Waals surface area contributed by atoms with Gasteiger partial charge in [-0.1, -0.05) is 18.2 Å². The van der Waals surface area contributed by atoms with Gasteiger partial charge in [0.2, 0.25) is 0 Å². The maximum atomic E-state index is 8.50. The molecule has 0 saturated carbocycles. The summed E-state index contributed by atoms with van der Waals surface area (Å²) < 4.78 is 0. The molecule has 0 saturated heterocycles. The third-order valence-electron chi connectivity index (χ3n) is 2.18. The Balaban J connectivity index is 2.34. The van der Waals surface area contributed by atoms with Gasteiger partial charge in [-0.05, 0) is 16.7 Å². The summed E-state index contributed by atoms with van der Waals surface area (Å²) in [4.78, 5) is 0. The maximum absolute atomic E-state index is 8.50. The first kappa shape index (κ1) is 7.33. The molecule has 2 heteroatoms. The molecule has 1 aliphatic rings. The highest BCUT2D eigenvalue weighted by Crippen LogP contribution is 2.16. The first-order valence-electron chi connectivity index (χ1n) is 4.08. The Hall–Kier alpha value is -1.33. The summed E-state index contributed by atoms with van der Waals surface area (Å²) >= 11 is 0. The van der Waals surface area contributed by atoms with Gasteiger partial charge < -0.3 is 5.32 Å². The van der Waals surface area contributed by atoms with E-state index in [2.05, 4.69) is 23.5 Å². The summed E-state index contributed by atoms with van der Waals surface area (Å²) in [6.45, 7) is 1.93. The van der Waals surface area contributed by atoms with Gasteiger partial charge in [0.15, 0.2) is 0 Å². The summed E-state index contributed by atoms with van der Waals surface area (Å²) in [6, 6.07) is 8.43. The van der Waals surface area contributed by atoms with E-state index in [0.717, 1.165) is 18.7 Å². The second-order valence-electron chi connectivity index (χ2n) is 3.04. The normalized spacial score (nSPS) is 13.9. The lowest BCUT2D eigenvalue weighted by Gasteiger charge is -1.99. The molecule has 0 aliphatic carbocycles. The highest BCUT2D eigenvalue weighted by atomic mass is 14.9. The fraction of sp³-hybridized carbons (Fsp3) is 0.300. The van der Waals surface area contributed by atoms with E-state index < -0.39 is 0 Å². The van der Waals surface area contributed by atoms with E-state index in [0.29, 0.717) is 6.42 Å². The Morgan fingerprint density at radius 3 is 3.00 bits per heavy atom. The highest BCUT2D eigenvalue weighted by Gasteiger charge is 2.09. The molecule has 0 amide bonds. The second kappa shape index (κ2) is 2.96. The summed E-state index contributed by atoms with van der Waals surface area (Å²) in [5, 5.41) is 11.8. The molecule has 1 aromatic rings. The summed E-state index contributed by atoms with van der Waals surface area (Å²) in [7, 11) is 0. The minimum absolute atomic E-state index is 0.521. The molecule has 1 N–H and O–H groups in total. The van der Waals surface area contributed by atoms with Crippen molar-refractivity contribution in [3.8, 4) is 6.07 Å². The average Bonchev–Trinajstić information content (AvgIpc) is 2.51. The zero-order valence-electron chi connectivity index (χ0n) is 6.80. The van der Waals surface area contributed by atoms with Crippen LogP contribution in [0.1, 0.15) is 16.7 Å². The van der Waals surface area contributed by atoms with E-state index in [1.54, 1.807) is 0 Å². The van der Waals surface area contributed by atoms with E-state index in [9.17, 15) is 0 Å². The Bertz CT molecular complexity index is 336. The number of nitrogens with zero attached hydrogens (tertiary/aromatic N) is 1. The third-order valence-corrected chi connectivity index (χ3v) is 2.18. The molecule has 0 fully saturated rings. The Morgan fingerprint density at radius 2 is 2.17 bits per heavy atom. The third kappa shape index (κ3) is 1.19. The molecule has 0 unspecified atom stereocenters. The van der Waals surface area contributed by atoms with Crippen LogP contribution in [0.3, 0.4) is 0 Å².